The molecular formula is C17H26N4. The van der Waals surface area contributed by atoms with Crippen LogP contribution in [0.2, 0.25) is 0 Å². The van der Waals surface area contributed by atoms with Gasteiger partial charge >= 0.3 is 0 Å². The molecule has 1 heterocycles. The Hall–Kier alpha value is -1.41. The van der Waals surface area contributed by atoms with Gasteiger partial charge in [-0.25, -0.2) is 0 Å². The maximum Gasteiger partial charge on any atom is 0.145 e. The van der Waals surface area contributed by atoms with E-state index in [4.69, 9.17) is 0 Å². The lowest BCUT2D eigenvalue weighted by Gasteiger charge is -2.34. The van der Waals surface area contributed by atoms with E-state index in [9.17, 15) is 5.26 Å². The van der Waals surface area contributed by atoms with E-state index in [1.165, 1.54) is 6.42 Å². The first-order valence-corrected chi connectivity index (χ1v) is 7.83. The fraction of sp³-hybridized carbons (Fsp3) is 0.588. The molecule has 1 unspecified atom stereocenters. The molecule has 1 fully saturated rings. The summed E-state index contributed by atoms with van der Waals surface area (Å²) in [6.45, 7) is 7.89. The second-order valence-corrected chi connectivity index (χ2v) is 5.85. The van der Waals surface area contributed by atoms with Crippen molar-refractivity contribution in [2.75, 3.05) is 46.3 Å². The van der Waals surface area contributed by atoms with Crippen LogP contribution in [0, 0.1) is 11.3 Å². The second-order valence-electron chi connectivity index (χ2n) is 5.85. The normalized spacial score (nSPS) is 20.4. The zero-order chi connectivity index (χ0) is 15.1. The van der Waals surface area contributed by atoms with Crippen LogP contribution in [0.15, 0.2) is 30.3 Å². The van der Waals surface area contributed by atoms with Gasteiger partial charge in [0.15, 0.2) is 0 Å². The standard InChI is InChI=1S/C17H26N4/c1-3-19-17(14-18,16-8-5-4-6-9-16)15-21-11-7-10-20(2)12-13-21/h4-6,8-9,19H,3,7,10-13,15H2,1-2H3. The number of hydrogen-bond donors (Lipinski definition) is 1. The van der Waals surface area contributed by atoms with Crippen LogP contribution in [0.4, 0.5) is 0 Å². The average molecular weight is 286 g/mol. The third kappa shape index (κ3) is 4.04. The highest BCUT2D eigenvalue weighted by molar-refractivity contribution is 5.32. The summed E-state index contributed by atoms with van der Waals surface area (Å²) in [5.74, 6) is 0. The lowest BCUT2D eigenvalue weighted by molar-refractivity contribution is 0.217. The lowest BCUT2D eigenvalue weighted by atomic mass is 9.90. The van der Waals surface area contributed by atoms with E-state index in [1.54, 1.807) is 0 Å². The fourth-order valence-corrected chi connectivity index (χ4v) is 3.01. The first kappa shape index (κ1) is 16.0. The summed E-state index contributed by atoms with van der Waals surface area (Å²) in [7, 11) is 2.17. The number of nitrogens with one attached hydrogen (secondary N) is 1. The van der Waals surface area contributed by atoms with Crippen LogP contribution in [0.1, 0.15) is 18.9 Å². The van der Waals surface area contributed by atoms with Crippen LogP contribution < -0.4 is 5.32 Å². The molecule has 1 saturated heterocycles. The molecule has 2 rings (SSSR count). The Bertz CT molecular complexity index is 467. The van der Waals surface area contributed by atoms with E-state index < -0.39 is 5.54 Å². The van der Waals surface area contributed by atoms with Crippen LogP contribution >= 0.6 is 0 Å². The van der Waals surface area contributed by atoms with Crippen molar-refractivity contribution < 1.29 is 0 Å². The third-order valence-electron chi connectivity index (χ3n) is 4.21. The minimum atomic E-state index is -0.612. The van der Waals surface area contributed by atoms with E-state index in [2.05, 4.69) is 47.3 Å². The minimum Gasteiger partial charge on any atom is -0.305 e. The van der Waals surface area contributed by atoms with E-state index in [1.807, 2.05) is 18.2 Å². The van der Waals surface area contributed by atoms with Crippen LogP contribution in [0.25, 0.3) is 0 Å². The van der Waals surface area contributed by atoms with Gasteiger partial charge in [0.05, 0.1) is 6.07 Å². The predicted molar refractivity (Wildman–Crippen MR) is 86.0 cm³/mol. The molecule has 1 N–H and O–H groups in total. The van der Waals surface area contributed by atoms with E-state index in [0.29, 0.717) is 0 Å². The quantitative estimate of drug-likeness (QED) is 0.894. The van der Waals surface area contributed by atoms with Crippen LogP contribution in [-0.2, 0) is 5.54 Å². The molecule has 0 spiro atoms. The summed E-state index contributed by atoms with van der Waals surface area (Å²) >= 11 is 0. The highest BCUT2D eigenvalue weighted by Gasteiger charge is 2.33. The topological polar surface area (TPSA) is 42.3 Å². The van der Waals surface area contributed by atoms with Crippen molar-refractivity contribution in [3.63, 3.8) is 0 Å². The third-order valence-corrected chi connectivity index (χ3v) is 4.21. The van der Waals surface area contributed by atoms with E-state index in [0.717, 1.165) is 44.8 Å². The first-order valence-electron chi connectivity index (χ1n) is 7.83. The number of rotatable bonds is 5. The second kappa shape index (κ2) is 7.56. The van der Waals surface area contributed by atoms with Gasteiger partial charge in [0, 0.05) is 19.6 Å². The summed E-state index contributed by atoms with van der Waals surface area (Å²) in [6.07, 6.45) is 1.17. The van der Waals surface area contributed by atoms with Crippen molar-refractivity contribution in [1.29, 1.82) is 5.26 Å². The number of likely N-dealkylation sites (N-methyl/N-ethyl adjacent to an activating group) is 2. The summed E-state index contributed by atoms with van der Waals surface area (Å²) in [4.78, 5) is 4.78. The molecule has 4 heteroatoms. The Morgan fingerprint density at radius 2 is 1.95 bits per heavy atom. The molecule has 0 amide bonds. The lowest BCUT2D eigenvalue weighted by Crippen LogP contribution is -2.50. The Morgan fingerprint density at radius 3 is 2.62 bits per heavy atom. The first-order chi connectivity index (χ1) is 10.2. The molecule has 1 aromatic carbocycles. The van der Waals surface area contributed by atoms with Gasteiger partial charge < -0.3 is 4.90 Å². The fourth-order valence-electron chi connectivity index (χ4n) is 3.01. The highest BCUT2D eigenvalue weighted by Crippen LogP contribution is 2.22. The Balaban J connectivity index is 2.18. The Morgan fingerprint density at radius 1 is 1.19 bits per heavy atom. The number of hydrogen-bond acceptors (Lipinski definition) is 4. The van der Waals surface area contributed by atoms with E-state index in [-0.39, 0.29) is 0 Å². The molecule has 114 valence electrons. The summed E-state index contributed by atoms with van der Waals surface area (Å²) in [6, 6.07) is 12.7. The van der Waals surface area contributed by atoms with Crippen molar-refractivity contribution >= 4 is 0 Å². The average Bonchev–Trinajstić information content (AvgIpc) is 2.72. The zero-order valence-electron chi connectivity index (χ0n) is 13.2. The number of nitriles is 1. The maximum absolute atomic E-state index is 9.86. The van der Waals surface area contributed by atoms with Crippen molar-refractivity contribution in [2.45, 2.75) is 18.9 Å². The van der Waals surface area contributed by atoms with Crippen molar-refractivity contribution in [3.8, 4) is 6.07 Å². The molecule has 0 saturated carbocycles. The van der Waals surface area contributed by atoms with Gasteiger partial charge in [-0.05, 0) is 38.7 Å². The number of nitrogens with zero attached hydrogens (tertiary/aromatic N) is 3. The van der Waals surface area contributed by atoms with Crippen LogP contribution in [0.5, 0.6) is 0 Å². The van der Waals surface area contributed by atoms with Crippen molar-refractivity contribution in [2.24, 2.45) is 0 Å². The largest absolute Gasteiger partial charge is 0.305 e. The van der Waals surface area contributed by atoms with Gasteiger partial charge in [0.2, 0.25) is 0 Å². The molecule has 21 heavy (non-hydrogen) atoms. The van der Waals surface area contributed by atoms with Crippen LogP contribution in [0.3, 0.4) is 0 Å². The SMILES string of the molecule is CCNC(C#N)(CN1CCCN(C)CC1)c1ccccc1. The summed E-state index contributed by atoms with van der Waals surface area (Å²) in [5.41, 5.74) is 0.450. The molecule has 1 aliphatic rings. The molecule has 0 aliphatic carbocycles. The molecule has 0 bridgehead atoms. The molecule has 1 aliphatic heterocycles. The van der Waals surface area contributed by atoms with Gasteiger partial charge in [-0.2, -0.15) is 5.26 Å². The smallest absolute Gasteiger partial charge is 0.145 e. The Kier molecular flexibility index (Phi) is 5.75. The zero-order valence-corrected chi connectivity index (χ0v) is 13.2. The van der Waals surface area contributed by atoms with Crippen LogP contribution in [-0.4, -0.2) is 56.1 Å². The van der Waals surface area contributed by atoms with E-state index >= 15 is 0 Å². The molecule has 0 radical (unpaired) electrons. The number of benzene rings is 1. The molecule has 1 atom stereocenters. The monoisotopic (exact) mass is 286 g/mol. The summed E-state index contributed by atoms with van der Waals surface area (Å²) < 4.78 is 0. The predicted octanol–water partition coefficient (Wildman–Crippen LogP) is 1.65. The molecule has 0 aromatic heterocycles. The maximum atomic E-state index is 9.86. The highest BCUT2D eigenvalue weighted by atomic mass is 15.2. The summed E-state index contributed by atoms with van der Waals surface area (Å²) in [5, 5.41) is 13.3. The molecular weight excluding hydrogens is 260 g/mol. The Labute approximate surface area is 128 Å². The van der Waals surface area contributed by atoms with Gasteiger partial charge in [0.25, 0.3) is 0 Å². The molecule has 1 aromatic rings. The van der Waals surface area contributed by atoms with Crippen molar-refractivity contribution in [3.05, 3.63) is 35.9 Å². The van der Waals surface area contributed by atoms with Gasteiger partial charge in [-0.15, -0.1) is 0 Å². The minimum absolute atomic E-state index is 0.612. The van der Waals surface area contributed by atoms with Gasteiger partial charge in [-0.3, -0.25) is 10.2 Å². The van der Waals surface area contributed by atoms with Crippen molar-refractivity contribution in [1.82, 2.24) is 15.1 Å². The van der Waals surface area contributed by atoms with Gasteiger partial charge in [0.1, 0.15) is 5.54 Å². The molecule has 4 nitrogen and oxygen atoms in total. The van der Waals surface area contributed by atoms with Gasteiger partial charge in [-0.1, -0.05) is 37.3 Å².